The van der Waals surface area contributed by atoms with Crippen LogP contribution in [-0.2, 0) is 14.2 Å². The Hall–Kier alpha value is -2.08. The van der Waals surface area contributed by atoms with Gasteiger partial charge in [-0.25, -0.2) is 9.78 Å². The van der Waals surface area contributed by atoms with Gasteiger partial charge in [-0.05, 0) is 64.5 Å². The first kappa shape index (κ1) is 27.0. The van der Waals surface area contributed by atoms with Crippen LogP contribution >= 0.6 is 11.6 Å². The maximum Gasteiger partial charge on any atom is 0.407 e. The third-order valence-electron chi connectivity index (χ3n) is 3.71. The van der Waals surface area contributed by atoms with E-state index in [1.54, 1.807) is 6.20 Å². The van der Waals surface area contributed by atoms with Crippen molar-refractivity contribution < 1.29 is 19.0 Å². The predicted octanol–water partition coefficient (Wildman–Crippen LogP) is 4.23. The Morgan fingerprint density at radius 3 is 2.42 bits per heavy atom. The summed E-state index contributed by atoms with van der Waals surface area (Å²) >= 11 is 6.02. The van der Waals surface area contributed by atoms with Gasteiger partial charge in [0.15, 0.2) is 0 Å². The van der Waals surface area contributed by atoms with Gasteiger partial charge < -0.3 is 24.8 Å². The number of hydrogen-bond donors (Lipinski definition) is 2. The first-order valence-corrected chi connectivity index (χ1v) is 10.9. The average Bonchev–Trinajstić information content (AvgIpc) is 2.64. The Bertz CT molecular complexity index is 750. The molecular weight excluding hydrogens is 420 g/mol. The van der Waals surface area contributed by atoms with Crippen LogP contribution in [0.5, 0.6) is 0 Å². The second-order valence-electron chi connectivity index (χ2n) is 8.27. The molecule has 0 fully saturated rings. The molecule has 0 aliphatic carbocycles. The average molecular weight is 455 g/mol. The molecule has 1 atom stereocenters. The summed E-state index contributed by atoms with van der Waals surface area (Å²) in [6, 6.07) is -0.117. The number of alkyl carbamates (subject to hydrolysis) is 1. The van der Waals surface area contributed by atoms with Crippen molar-refractivity contribution in [3.63, 3.8) is 0 Å². The molecule has 31 heavy (non-hydrogen) atoms. The minimum atomic E-state index is -0.640. The number of amides is 1. The van der Waals surface area contributed by atoms with Crippen molar-refractivity contribution in [1.29, 1.82) is 0 Å². The van der Waals surface area contributed by atoms with Crippen LogP contribution in [0.4, 0.5) is 10.6 Å². The minimum Gasteiger partial charge on any atom is -0.444 e. The third kappa shape index (κ3) is 11.8. The number of aromatic nitrogens is 2. The molecule has 0 radical (unpaired) electrons. The Labute approximate surface area is 190 Å². The van der Waals surface area contributed by atoms with Crippen LogP contribution in [0.25, 0.3) is 0 Å². The lowest BCUT2D eigenvalue weighted by Crippen LogP contribution is -2.40. The number of nitrogens with one attached hydrogen (secondary N) is 2. The van der Waals surface area contributed by atoms with Crippen LogP contribution in [0.15, 0.2) is 6.20 Å². The fourth-order valence-corrected chi connectivity index (χ4v) is 2.74. The number of ether oxygens (including phenoxy) is 3. The molecule has 0 aromatic carbocycles. The van der Waals surface area contributed by atoms with Gasteiger partial charge in [-0.3, -0.25) is 0 Å². The number of carbonyl (C=O) groups excluding carboxylic acids is 1. The van der Waals surface area contributed by atoms with Crippen molar-refractivity contribution in [2.45, 2.75) is 72.8 Å². The van der Waals surface area contributed by atoms with Gasteiger partial charge in [-0.2, -0.15) is 4.98 Å². The van der Waals surface area contributed by atoms with E-state index in [0.717, 1.165) is 6.42 Å². The smallest absolute Gasteiger partial charge is 0.407 e. The second kappa shape index (κ2) is 13.4. The van der Waals surface area contributed by atoms with Crippen LogP contribution in [-0.4, -0.2) is 53.8 Å². The van der Waals surface area contributed by atoms with Gasteiger partial charge in [-0.1, -0.05) is 19.8 Å². The molecule has 2 N–H and O–H groups in total. The summed E-state index contributed by atoms with van der Waals surface area (Å²) in [5.74, 6) is 6.81. The summed E-state index contributed by atoms with van der Waals surface area (Å²) in [5.41, 5.74) is -0.00843. The highest BCUT2D eigenvalue weighted by molar-refractivity contribution is 6.28. The quantitative estimate of drug-likeness (QED) is 0.310. The molecule has 1 unspecified atom stereocenters. The maximum absolute atomic E-state index is 12.1. The molecule has 1 aromatic rings. The van der Waals surface area contributed by atoms with Crippen LogP contribution in [0, 0.1) is 17.8 Å². The Morgan fingerprint density at radius 1 is 1.23 bits per heavy atom. The largest absolute Gasteiger partial charge is 0.444 e. The van der Waals surface area contributed by atoms with Crippen LogP contribution in [0.3, 0.4) is 0 Å². The first-order chi connectivity index (χ1) is 14.5. The van der Waals surface area contributed by atoms with Crippen LogP contribution in [0.2, 0.25) is 5.28 Å². The molecule has 1 rings (SSSR count). The lowest BCUT2D eigenvalue weighted by atomic mass is 10.0. The van der Waals surface area contributed by atoms with Crippen molar-refractivity contribution in [2.75, 3.05) is 25.1 Å². The van der Waals surface area contributed by atoms with E-state index >= 15 is 0 Å². The van der Waals surface area contributed by atoms with Gasteiger partial charge in [0.05, 0.1) is 5.56 Å². The number of rotatable bonds is 10. The topological polar surface area (TPSA) is 94.6 Å². The van der Waals surface area contributed by atoms with Crippen molar-refractivity contribution in [3.05, 3.63) is 17.0 Å². The van der Waals surface area contributed by atoms with Crippen LogP contribution in [0.1, 0.15) is 60.5 Å². The Balaban J connectivity index is 3.00. The van der Waals surface area contributed by atoms with E-state index in [2.05, 4.69) is 46.3 Å². The normalized spacial score (nSPS) is 12.3. The monoisotopic (exact) mass is 454 g/mol. The molecule has 0 bridgehead atoms. The number of anilines is 1. The summed E-state index contributed by atoms with van der Waals surface area (Å²) < 4.78 is 16.2. The van der Waals surface area contributed by atoms with Crippen molar-refractivity contribution in [3.8, 4) is 11.8 Å². The Kier molecular flexibility index (Phi) is 11.6. The molecule has 0 aliphatic rings. The molecule has 1 aromatic heterocycles. The molecule has 1 amide bonds. The molecule has 0 saturated carbocycles. The van der Waals surface area contributed by atoms with Gasteiger partial charge in [0, 0.05) is 32.0 Å². The summed E-state index contributed by atoms with van der Waals surface area (Å²) in [7, 11) is 0. The van der Waals surface area contributed by atoms with E-state index in [1.807, 2.05) is 34.6 Å². The molecule has 0 aliphatic heterocycles. The van der Waals surface area contributed by atoms with Gasteiger partial charge >= 0.3 is 6.09 Å². The van der Waals surface area contributed by atoms with Gasteiger partial charge in [0.1, 0.15) is 11.4 Å². The highest BCUT2D eigenvalue weighted by atomic mass is 35.5. The van der Waals surface area contributed by atoms with E-state index in [9.17, 15) is 4.79 Å². The molecular formula is C22H35ClN4O4. The van der Waals surface area contributed by atoms with E-state index < -0.39 is 18.0 Å². The predicted molar refractivity (Wildman–Crippen MR) is 122 cm³/mol. The number of halogens is 1. The Morgan fingerprint density at radius 2 is 1.87 bits per heavy atom. The van der Waals surface area contributed by atoms with Gasteiger partial charge in [-0.15, -0.1) is 0 Å². The molecule has 174 valence electrons. The summed E-state index contributed by atoms with van der Waals surface area (Å²) in [4.78, 5) is 20.4. The zero-order chi connectivity index (χ0) is 23.4. The summed E-state index contributed by atoms with van der Waals surface area (Å²) in [6.45, 7) is 14.7. The van der Waals surface area contributed by atoms with E-state index in [4.69, 9.17) is 25.8 Å². The van der Waals surface area contributed by atoms with Gasteiger partial charge in [0.25, 0.3) is 0 Å². The highest BCUT2D eigenvalue weighted by Gasteiger charge is 2.19. The van der Waals surface area contributed by atoms with E-state index in [0.29, 0.717) is 37.1 Å². The van der Waals surface area contributed by atoms with Crippen LogP contribution < -0.4 is 10.6 Å². The molecule has 0 spiro atoms. The molecule has 0 saturated heterocycles. The molecule has 1 heterocycles. The summed E-state index contributed by atoms with van der Waals surface area (Å²) in [5, 5.41) is 6.24. The lowest BCUT2D eigenvalue weighted by Gasteiger charge is -2.24. The van der Waals surface area contributed by atoms with E-state index in [1.165, 1.54) is 0 Å². The first-order valence-electron chi connectivity index (χ1n) is 10.5. The molecule has 9 heteroatoms. The number of carbonyl (C=O) groups is 1. The second-order valence-corrected chi connectivity index (χ2v) is 8.60. The number of hydrogen-bond acceptors (Lipinski definition) is 7. The molecule has 8 nitrogen and oxygen atoms in total. The lowest BCUT2D eigenvalue weighted by molar-refractivity contribution is -0.0969. The SMILES string of the molecule is CCOC(C#Cc1cnc(Cl)nc1NC(CNC(=O)OC(C)(C)C)CC(C)C)OCC. The van der Waals surface area contributed by atoms with Crippen molar-refractivity contribution >= 4 is 23.5 Å². The maximum atomic E-state index is 12.1. The summed E-state index contributed by atoms with van der Waals surface area (Å²) in [6.07, 6.45) is 1.22. The number of nitrogens with zero attached hydrogens (tertiary/aromatic N) is 2. The zero-order valence-corrected chi connectivity index (χ0v) is 20.3. The third-order valence-corrected chi connectivity index (χ3v) is 3.89. The van der Waals surface area contributed by atoms with Crippen molar-refractivity contribution in [1.82, 2.24) is 15.3 Å². The fraction of sp³-hybridized carbons (Fsp3) is 0.682. The van der Waals surface area contributed by atoms with Crippen molar-refractivity contribution in [2.24, 2.45) is 5.92 Å². The van der Waals surface area contributed by atoms with Gasteiger partial charge in [0.2, 0.25) is 11.6 Å². The van der Waals surface area contributed by atoms with E-state index in [-0.39, 0.29) is 11.3 Å². The highest BCUT2D eigenvalue weighted by Crippen LogP contribution is 2.17. The fourth-order valence-electron chi connectivity index (χ4n) is 2.61. The minimum absolute atomic E-state index is 0.0996. The standard InChI is InChI=1S/C22H35ClN4O4/c1-8-29-18(30-9-2)11-10-16-13-24-20(23)27-19(16)26-17(12-15(3)4)14-25-21(28)31-22(5,6)7/h13,15,17-18H,8-9,12,14H2,1-7H3,(H,25,28)(H,24,26,27). The zero-order valence-electron chi connectivity index (χ0n) is 19.5.